The van der Waals surface area contributed by atoms with Gasteiger partial charge in [0.05, 0.1) is 32.7 Å². The Morgan fingerprint density at radius 3 is 1.84 bits per heavy atom. The molecule has 8 rings (SSSR count). The van der Waals surface area contributed by atoms with Gasteiger partial charge in [0.1, 0.15) is 34.8 Å². The van der Waals surface area contributed by atoms with E-state index in [1.165, 1.54) is 10.9 Å². The predicted molar refractivity (Wildman–Crippen MR) is 213 cm³/mol. The molecule has 0 spiro atoms. The van der Waals surface area contributed by atoms with E-state index in [9.17, 15) is 14.7 Å². The maximum absolute atomic E-state index is 13.9. The number of carbonyl (C=O) groups excluding carboxylic acids is 2. The van der Waals surface area contributed by atoms with Crippen LogP contribution in [0.25, 0.3) is 11.2 Å². The number of aromatic nitrogens is 4. The normalized spacial score (nSPS) is 18.1. The van der Waals surface area contributed by atoms with Crippen molar-refractivity contribution in [3.8, 4) is 11.5 Å². The summed E-state index contributed by atoms with van der Waals surface area (Å²) in [5.74, 6) is -0.0585. The highest BCUT2D eigenvalue weighted by Crippen LogP contribution is 2.45. The fourth-order valence-corrected chi connectivity index (χ4v) is 7.23. The van der Waals surface area contributed by atoms with Gasteiger partial charge in [-0.25, -0.2) is 19.7 Å². The minimum Gasteiger partial charge on any atom is -0.497 e. The fourth-order valence-electron chi connectivity index (χ4n) is 7.23. The van der Waals surface area contributed by atoms with Gasteiger partial charge in [-0.15, -0.1) is 0 Å². The Kier molecular flexibility index (Phi) is 10.7. The van der Waals surface area contributed by atoms with Gasteiger partial charge in [-0.2, -0.15) is 0 Å². The van der Waals surface area contributed by atoms with E-state index in [0.29, 0.717) is 17.1 Å². The number of esters is 1. The van der Waals surface area contributed by atoms with Crippen molar-refractivity contribution in [2.45, 2.75) is 30.1 Å². The topological polar surface area (TPSA) is 170 Å². The number of hydrogen-bond donors (Lipinski definition) is 2. The molecule has 0 amide bonds. The number of benzene rings is 5. The van der Waals surface area contributed by atoms with Crippen molar-refractivity contribution in [3.05, 3.63) is 179 Å². The highest BCUT2D eigenvalue weighted by Gasteiger charge is 2.49. The third-order valence-corrected chi connectivity index (χ3v) is 10.1. The molecule has 2 aromatic heterocycles. The number of carbonyl (C=O) groups is 2. The quantitative estimate of drug-likeness (QED) is 0.0826. The van der Waals surface area contributed by atoms with Gasteiger partial charge in [-0.05, 0) is 53.1 Å². The maximum atomic E-state index is 13.9. The minimum atomic E-state index is -1.56. The molecule has 3 N–H and O–H groups in total. The molecule has 0 radical (unpaired) electrons. The first-order valence-corrected chi connectivity index (χ1v) is 18.5. The first-order valence-electron chi connectivity index (χ1n) is 18.5. The molecule has 1 saturated heterocycles. The van der Waals surface area contributed by atoms with E-state index < -0.39 is 41.9 Å². The van der Waals surface area contributed by atoms with Crippen LogP contribution >= 0.6 is 0 Å². The molecule has 1 unspecified atom stereocenters. The number of ketones is 1. The van der Waals surface area contributed by atoms with Crippen molar-refractivity contribution in [2.75, 3.05) is 26.6 Å². The Balaban J connectivity index is 1.24. The van der Waals surface area contributed by atoms with Crippen LogP contribution in [0, 0.1) is 0 Å². The molecular weight excluding hydrogens is 739 g/mol. The molecule has 0 saturated carbocycles. The van der Waals surface area contributed by atoms with Gasteiger partial charge in [0.25, 0.3) is 0 Å². The largest absolute Gasteiger partial charge is 0.497 e. The lowest BCUT2D eigenvalue weighted by molar-refractivity contribution is -0.239. The Hall–Kier alpha value is -6.93. The van der Waals surface area contributed by atoms with Crippen molar-refractivity contribution in [3.63, 3.8) is 0 Å². The summed E-state index contributed by atoms with van der Waals surface area (Å²) < 4.78 is 32.5. The smallest absolute Gasteiger partial charge is 0.338 e. The first kappa shape index (κ1) is 38.0. The van der Waals surface area contributed by atoms with E-state index in [4.69, 9.17) is 29.4 Å². The fraction of sp³-hybridized carbons (Fsp3) is 0.178. The minimum absolute atomic E-state index is 0.0341. The molecule has 0 bridgehead atoms. The van der Waals surface area contributed by atoms with E-state index in [-0.39, 0.29) is 35.0 Å². The van der Waals surface area contributed by atoms with Crippen molar-refractivity contribution >= 4 is 28.7 Å². The lowest BCUT2D eigenvalue weighted by Gasteiger charge is -2.45. The van der Waals surface area contributed by atoms with E-state index in [0.717, 1.165) is 16.7 Å². The van der Waals surface area contributed by atoms with E-state index in [2.05, 4.69) is 15.0 Å². The van der Waals surface area contributed by atoms with Gasteiger partial charge in [0.15, 0.2) is 23.8 Å². The molecule has 7 aromatic rings. The Morgan fingerprint density at radius 2 is 1.28 bits per heavy atom. The number of nitrogens with two attached hydrogens (primary N) is 1. The van der Waals surface area contributed by atoms with Crippen molar-refractivity contribution in [2.24, 2.45) is 0 Å². The van der Waals surface area contributed by atoms with Crippen LogP contribution in [0.4, 0.5) is 5.82 Å². The molecule has 13 nitrogen and oxygen atoms in total. The van der Waals surface area contributed by atoms with Crippen LogP contribution in [0.1, 0.15) is 49.5 Å². The third kappa shape index (κ3) is 7.13. The molecule has 1 fully saturated rings. The number of hydrogen-bond acceptors (Lipinski definition) is 12. The summed E-state index contributed by atoms with van der Waals surface area (Å²) in [5.41, 5.74) is 8.12. The number of fused-ring (bicyclic) bond motifs is 1. The zero-order valence-electron chi connectivity index (χ0n) is 31.5. The lowest BCUT2D eigenvalue weighted by atomic mass is 9.79. The molecule has 292 valence electrons. The van der Waals surface area contributed by atoms with Gasteiger partial charge in [-0.1, -0.05) is 103 Å². The molecule has 3 heterocycles. The number of aliphatic hydroxyl groups is 1. The van der Waals surface area contributed by atoms with Crippen LogP contribution in [0.5, 0.6) is 11.5 Å². The predicted octanol–water partition coefficient (Wildman–Crippen LogP) is 6.15. The summed E-state index contributed by atoms with van der Waals surface area (Å²) in [7, 11) is 3.18. The molecule has 13 heteroatoms. The van der Waals surface area contributed by atoms with Crippen molar-refractivity contribution < 1.29 is 38.4 Å². The van der Waals surface area contributed by atoms with E-state index >= 15 is 0 Å². The molecule has 1 aliphatic heterocycles. The number of nitrogen functional groups attached to an aromatic ring is 1. The van der Waals surface area contributed by atoms with Gasteiger partial charge in [0, 0.05) is 5.56 Å². The second kappa shape index (κ2) is 16.3. The molecule has 5 aromatic carbocycles. The monoisotopic (exact) mass is 777 g/mol. The second-order valence-corrected chi connectivity index (χ2v) is 13.6. The third-order valence-electron chi connectivity index (χ3n) is 10.1. The van der Waals surface area contributed by atoms with Crippen molar-refractivity contribution in [1.29, 1.82) is 0 Å². The second-order valence-electron chi connectivity index (χ2n) is 13.6. The molecule has 58 heavy (non-hydrogen) atoms. The first-order chi connectivity index (χ1) is 28.3. The van der Waals surface area contributed by atoms with Crippen LogP contribution in [-0.4, -0.2) is 75.5 Å². The summed E-state index contributed by atoms with van der Waals surface area (Å²) in [6, 6.07) is 41.6. The lowest BCUT2D eigenvalue weighted by Crippen LogP contribution is -2.56. The summed E-state index contributed by atoms with van der Waals surface area (Å²) in [6.07, 6.45) is -3.80. The summed E-state index contributed by atoms with van der Waals surface area (Å²) >= 11 is 0. The number of rotatable bonds is 12. The van der Waals surface area contributed by atoms with E-state index in [1.54, 1.807) is 74.9 Å². The number of aliphatic hydroxyl groups excluding tert-OH is 1. The molecule has 4 atom stereocenters. The van der Waals surface area contributed by atoms with Gasteiger partial charge >= 0.3 is 5.97 Å². The van der Waals surface area contributed by atoms with Gasteiger partial charge in [0.2, 0.25) is 11.6 Å². The van der Waals surface area contributed by atoms with Crippen LogP contribution < -0.4 is 15.2 Å². The van der Waals surface area contributed by atoms with Crippen LogP contribution in [0.15, 0.2) is 146 Å². The van der Waals surface area contributed by atoms with Gasteiger partial charge < -0.3 is 34.5 Å². The zero-order chi connectivity index (χ0) is 40.2. The van der Waals surface area contributed by atoms with Gasteiger partial charge in [-0.3, -0.25) is 9.36 Å². The number of imidazole rings is 1. The highest BCUT2D eigenvalue weighted by molar-refractivity contribution is 6.07. The Bertz CT molecular complexity index is 2470. The van der Waals surface area contributed by atoms with Crippen LogP contribution in [-0.2, 0) is 19.8 Å². The summed E-state index contributed by atoms with van der Waals surface area (Å²) in [4.78, 5) is 40.5. The number of methoxy groups -OCH3 is 2. The highest BCUT2D eigenvalue weighted by atomic mass is 16.6. The SMILES string of the molecule is COc1ccc(C(O[C@@H]2COC(n3cnc4c(N)nc(C(=O)c5ccccc5)nc43)[C@H](O)[C@@H]2OC(=O)c2ccccc2)(c2ccccc2)c2ccc(OC)cc2)cc1. The molecule has 0 aliphatic carbocycles. The van der Waals surface area contributed by atoms with E-state index in [1.807, 2.05) is 78.9 Å². The molecule has 1 aliphatic rings. The number of anilines is 1. The van der Waals surface area contributed by atoms with Crippen LogP contribution in [0.3, 0.4) is 0 Å². The van der Waals surface area contributed by atoms with Crippen LogP contribution in [0.2, 0.25) is 0 Å². The van der Waals surface area contributed by atoms with Crippen molar-refractivity contribution in [1.82, 2.24) is 19.5 Å². The zero-order valence-corrected chi connectivity index (χ0v) is 31.5. The standard InChI is InChI=1S/C45H39N5O8/c1-54-33-22-18-31(19-23-33)45(30-16-10-5-11-17-30,32-20-24-34(55-2)25-21-32)58-35-26-56-43(38(52)39(35)57-44(53)29-14-8-4-9-15-29)50-27-47-36-40(46)48-41(49-42(36)50)37(51)28-12-6-3-7-13-28/h3-25,27,35,38-39,43,52H,26H2,1-2H3,(H2,46,48,49)/t35-,38-,39-,43?/m1/s1. The average molecular weight is 778 g/mol. The maximum Gasteiger partial charge on any atom is 0.338 e. The number of ether oxygens (including phenoxy) is 5. The summed E-state index contributed by atoms with van der Waals surface area (Å²) in [5, 5.41) is 12.4. The summed E-state index contributed by atoms with van der Waals surface area (Å²) in [6.45, 7) is -0.175. The average Bonchev–Trinajstić information content (AvgIpc) is 3.71. The Labute approximate surface area is 333 Å². The molecular formula is C45H39N5O8. The number of nitrogens with zero attached hydrogens (tertiary/aromatic N) is 4. The Morgan fingerprint density at radius 1 is 0.741 bits per heavy atom.